The number of furan rings is 1. The summed E-state index contributed by atoms with van der Waals surface area (Å²) in [5.41, 5.74) is 0.950. The molecule has 3 amide bonds. The van der Waals surface area contributed by atoms with E-state index in [0.29, 0.717) is 29.0 Å². The van der Waals surface area contributed by atoms with Crippen LogP contribution in [0.5, 0.6) is 0 Å². The van der Waals surface area contributed by atoms with Crippen LogP contribution in [-0.2, 0) is 20.2 Å². The second-order valence-electron chi connectivity index (χ2n) is 9.23. The van der Waals surface area contributed by atoms with Gasteiger partial charge in [-0.2, -0.15) is 0 Å². The first-order valence-corrected chi connectivity index (χ1v) is 12.9. The predicted octanol–water partition coefficient (Wildman–Crippen LogP) is 2.86. The van der Waals surface area contributed by atoms with Crippen LogP contribution in [0.3, 0.4) is 0 Å². The average Bonchev–Trinajstić information content (AvgIpc) is 3.49. The van der Waals surface area contributed by atoms with Gasteiger partial charge in [0, 0.05) is 28.4 Å². The summed E-state index contributed by atoms with van der Waals surface area (Å²) in [7, 11) is -3.09. The molecule has 2 atom stereocenters. The molecule has 0 radical (unpaired) electrons. The van der Waals surface area contributed by atoms with Gasteiger partial charge in [0.25, 0.3) is 5.91 Å². The van der Waals surface area contributed by atoms with Gasteiger partial charge in [-0.1, -0.05) is 18.2 Å². The van der Waals surface area contributed by atoms with Gasteiger partial charge in [-0.3, -0.25) is 14.5 Å². The highest BCUT2D eigenvalue weighted by molar-refractivity contribution is 7.91. The largest absolute Gasteiger partial charge is 0.458 e. The SMILES string of the molecule is Cc1cc(C(=O)CN2C(=O)N[C@](C)(c3cc4ccccc4o3)C2=O)c(C)n1[C@@H]1CCS(=O)(=O)C1. The van der Waals surface area contributed by atoms with E-state index in [0.717, 1.165) is 16.0 Å². The van der Waals surface area contributed by atoms with E-state index in [2.05, 4.69) is 5.32 Å². The fourth-order valence-corrected chi connectivity index (χ4v) is 6.76. The summed E-state index contributed by atoms with van der Waals surface area (Å²) in [4.78, 5) is 40.1. The van der Waals surface area contributed by atoms with Crippen LogP contribution in [0, 0.1) is 13.8 Å². The summed E-state index contributed by atoms with van der Waals surface area (Å²) in [6.07, 6.45) is 0.495. The topological polar surface area (TPSA) is 119 Å². The van der Waals surface area contributed by atoms with Crippen LogP contribution >= 0.6 is 0 Å². The molecule has 2 aliphatic rings. The fourth-order valence-electron chi connectivity index (χ4n) is 5.06. The van der Waals surface area contributed by atoms with Crippen molar-refractivity contribution in [2.75, 3.05) is 18.1 Å². The van der Waals surface area contributed by atoms with Crippen LogP contribution in [0.1, 0.15) is 46.9 Å². The second-order valence-corrected chi connectivity index (χ2v) is 11.5. The number of ketones is 1. The van der Waals surface area contributed by atoms with Crippen molar-refractivity contribution in [2.45, 2.75) is 38.8 Å². The summed E-state index contributed by atoms with van der Waals surface area (Å²) < 4.78 is 31.6. The number of benzene rings is 1. The molecule has 0 bridgehead atoms. The Balaban J connectivity index is 1.40. The Morgan fingerprint density at radius 2 is 1.94 bits per heavy atom. The van der Waals surface area contributed by atoms with Crippen molar-refractivity contribution in [3.05, 3.63) is 59.1 Å². The number of hydrogen-bond acceptors (Lipinski definition) is 6. The van der Waals surface area contributed by atoms with E-state index < -0.39 is 39.6 Å². The number of rotatable bonds is 5. The zero-order chi connectivity index (χ0) is 24.4. The summed E-state index contributed by atoms with van der Waals surface area (Å²) >= 11 is 0. The lowest BCUT2D eigenvalue weighted by Gasteiger charge is -2.19. The molecule has 34 heavy (non-hydrogen) atoms. The van der Waals surface area contributed by atoms with Crippen molar-refractivity contribution in [3.8, 4) is 0 Å². The number of fused-ring (bicyclic) bond motifs is 1. The third-order valence-electron chi connectivity index (χ3n) is 6.85. The van der Waals surface area contributed by atoms with Crippen molar-refractivity contribution in [2.24, 2.45) is 0 Å². The quantitative estimate of drug-likeness (QED) is 0.440. The molecule has 0 saturated carbocycles. The lowest BCUT2D eigenvalue weighted by molar-refractivity contribution is -0.131. The van der Waals surface area contributed by atoms with E-state index in [4.69, 9.17) is 4.42 Å². The molecule has 10 heteroatoms. The van der Waals surface area contributed by atoms with Gasteiger partial charge in [-0.05, 0) is 45.4 Å². The highest BCUT2D eigenvalue weighted by Gasteiger charge is 2.51. The molecule has 2 fully saturated rings. The van der Waals surface area contributed by atoms with Crippen molar-refractivity contribution in [1.29, 1.82) is 0 Å². The molecule has 2 saturated heterocycles. The molecule has 0 aliphatic carbocycles. The normalized spacial score (nSPS) is 24.2. The smallest absolute Gasteiger partial charge is 0.325 e. The van der Waals surface area contributed by atoms with Crippen molar-refractivity contribution in [1.82, 2.24) is 14.8 Å². The van der Waals surface area contributed by atoms with Gasteiger partial charge in [0.2, 0.25) is 0 Å². The number of Topliss-reactive ketones (excluding diaryl/α,β-unsaturated/α-hetero) is 1. The van der Waals surface area contributed by atoms with Gasteiger partial charge in [-0.25, -0.2) is 13.2 Å². The summed E-state index contributed by atoms with van der Waals surface area (Å²) in [6.45, 7) is 4.71. The number of aromatic nitrogens is 1. The van der Waals surface area contributed by atoms with Crippen molar-refractivity contribution >= 4 is 38.5 Å². The molecular formula is C24H25N3O6S. The molecule has 2 aromatic heterocycles. The van der Waals surface area contributed by atoms with Crippen molar-refractivity contribution in [3.63, 3.8) is 0 Å². The van der Waals surface area contributed by atoms with Gasteiger partial charge in [0.05, 0.1) is 18.1 Å². The number of para-hydroxylation sites is 1. The highest BCUT2D eigenvalue weighted by atomic mass is 32.2. The van der Waals surface area contributed by atoms with E-state index in [1.807, 2.05) is 29.7 Å². The first-order chi connectivity index (χ1) is 16.0. The molecule has 0 unspecified atom stereocenters. The zero-order valence-corrected chi connectivity index (χ0v) is 19.9. The number of imide groups is 1. The third kappa shape index (κ3) is 3.44. The predicted molar refractivity (Wildman–Crippen MR) is 124 cm³/mol. The van der Waals surface area contributed by atoms with Gasteiger partial charge >= 0.3 is 6.03 Å². The molecule has 178 valence electrons. The molecule has 5 rings (SSSR count). The Bertz CT molecular complexity index is 1430. The van der Waals surface area contributed by atoms with Gasteiger partial charge in [0.1, 0.15) is 11.3 Å². The standard InChI is InChI=1S/C24H25N3O6S/c1-14-10-18(15(2)27(14)17-8-9-34(31,32)13-17)19(28)12-26-22(29)24(3,25-23(26)30)21-11-16-6-4-5-7-20(16)33-21/h4-7,10-11,17H,8-9,12-13H2,1-3H3,(H,25,30)/t17-,24-/m1/s1. The summed E-state index contributed by atoms with van der Waals surface area (Å²) in [5, 5.41) is 3.47. The maximum absolute atomic E-state index is 13.3. The zero-order valence-electron chi connectivity index (χ0n) is 19.1. The molecule has 2 aliphatic heterocycles. The Morgan fingerprint density at radius 3 is 2.62 bits per heavy atom. The van der Waals surface area contributed by atoms with Crippen LogP contribution in [0.4, 0.5) is 4.79 Å². The third-order valence-corrected chi connectivity index (χ3v) is 8.60. The van der Waals surface area contributed by atoms with Crippen molar-refractivity contribution < 1.29 is 27.2 Å². The van der Waals surface area contributed by atoms with E-state index in [-0.39, 0.29) is 17.5 Å². The molecule has 9 nitrogen and oxygen atoms in total. The van der Waals surface area contributed by atoms with Crippen LogP contribution < -0.4 is 5.32 Å². The number of sulfone groups is 1. The average molecular weight is 484 g/mol. The van der Waals surface area contributed by atoms with E-state index in [1.165, 1.54) is 0 Å². The fraction of sp³-hybridized carbons (Fsp3) is 0.375. The second kappa shape index (κ2) is 7.56. The summed E-state index contributed by atoms with van der Waals surface area (Å²) in [5.74, 6) is -0.499. The Hall–Kier alpha value is -3.40. The van der Waals surface area contributed by atoms with Crippen LogP contribution in [0.2, 0.25) is 0 Å². The van der Waals surface area contributed by atoms with E-state index in [9.17, 15) is 22.8 Å². The number of urea groups is 1. The Morgan fingerprint density at radius 1 is 1.21 bits per heavy atom. The Kier molecular flexibility index (Phi) is 4.98. The van der Waals surface area contributed by atoms with E-state index >= 15 is 0 Å². The maximum atomic E-state index is 13.3. The molecule has 3 aromatic rings. The molecule has 1 N–H and O–H groups in total. The number of carbonyl (C=O) groups is 3. The van der Waals surface area contributed by atoms with Gasteiger partial charge < -0.3 is 14.3 Å². The number of hydrogen-bond donors (Lipinski definition) is 1. The van der Waals surface area contributed by atoms with Gasteiger partial charge in [-0.15, -0.1) is 0 Å². The number of carbonyl (C=O) groups excluding carboxylic acids is 3. The first kappa shape index (κ1) is 22.4. The minimum atomic E-state index is -3.09. The minimum absolute atomic E-state index is 0.0415. The maximum Gasteiger partial charge on any atom is 0.325 e. The first-order valence-electron chi connectivity index (χ1n) is 11.1. The highest BCUT2D eigenvalue weighted by Crippen LogP contribution is 2.34. The monoisotopic (exact) mass is 483 g/mol. The van der Waals surface area contributed by atoms with Crippen LogP contribution in [-0.4, -0.2) is 53.7 Å². The molecule has 1 aromatic carbocycles. The number of aryl methyl sites for hydroxylation is 1. The molecule has 4 heterocycles. The molecular weight excluding hydrogens is 458 g/mol. The van der Waals surface area contributed by atoms with Crippen LogP contribution in [0.15, 0.2) is 40.8 Å². The van der Waals surface area contributed by atoms with Crippen LogP contribution in [0.25, 0.3) is 11.0 Å². The number of nitrogens with one attached hydrogen (secondary N) is 1. The lowest BCUT2D eigenvalue weighted by atomic mass is 9.98. The summed E-state index contributed by atoms with van der Waals surface area (Å²) in [6, 6.07) is 9.80. The van der Waals surface area contributed by atoms with E-state index in [1.54, 1.807) is 32.0 Å². The number of amides is 3. The molecule has 0 spiro atoms. The lowest BCUT2D eigenvalue weighted by Crippen LogP contribution is -2.41. The van der Waals surface area contributed by atoms with Gasteiger partial charge in [0.15, 0.2) is 21.2 Å². The minimum Gasteiger partial charge on any atom is -0.458 e. The number of nitrogens with zero attached hydrogens (tertiary/aromatic N) is 2. The Labute approximate surface area is 196 Å².